The van der Waals surface area contributed by atoms with Gasteiger partial charge in [0.1, 0.15) is 11.5 Å². The average Bonchev–Trinajstić information content (AvgIpc) is 2.28. The standard InChI is InChI=1S/C14H20O2S/c1-14(2,3)13(15)10-17-9-11-5-7-12(16-4)8-6-11/h5-8H,9-10H2,1-4H3. The first kappa shape index (κ1) is 14.1. The average molecular weight is 252 g/mol. The number of ether oxygens (including phenoxy) is 1. The van der Waals surface area contributed by atoms with Crippen molar-refractivity contribution in [3.05, 3.63) is 29.8 Å². The SMILES string of the molecule is COc1ccc(CSCC(=O)C(C)(C)C)cc1. The number of hydrogen-bond acceptors (Lipinski definition) is 3. The second-order valence-electron chi connectivity index (χ2n) is 5.01. The van der Waals surface area contributed by atoms with Gasteiger partial charge < -0.3 is 4.74 Å². The molecule has 0 heterocycles. The molecule has 3 heteroatoms. The number of carbonyl (C=O) groups is 1. The monoisotopic (exact) mass is 252 g/mol. The number of benzene rings is 1. The van der Waals surface area contributed by atoms with Crippen LogP contribution < -0.4 is 4.74 Å². The lowest BCUT2D eigenvalue weighted by molar-refractivity contribution is -0.123. The van der Waals surface area contributed by atoms with Gasteiger partial charge in [-0.3, -0.25) is 4.79 Å². The maximum Gasteiger partial charge on any atom is 0.148 e. The van der Waals surface area contributed by atoms with E-state index in [2.05, 4.69) is 0 Å². The summed E-state index contributed by atoms with van der Waals surface area (Å²) in [5, 5.41) is 0. The highest BCUT2D eigenvalue weighted by Gasteiger charge is 2.20. The zero-order chi connectivity index (χ0) is 12.9. The summed E-state index contributed by atoms with van der Waals surface area (Å²) in [6.07, 6.45) is 0. The van der Waals surface area contributed by atoms with E-state index in [0.29, 0.717) is 11.5 Å². The van der Waals surface area contributed by atoms with Gasteiger partial charge in [-0.2, -0.15) is 0 Å². The molecule has 1 rings (SSSR count). The second kappa shape index (κ2) is 6.10. The molecule has 0 aliphatic carbocycles. The molecule has 0 saturated heterocycles. The molecule has 0 unspecified atom stereocenters. The van der Waals surface area contributed by atoms with Crippen molar-refractivity contribution in [1.29, 1.82) is 0 Å². The fourth-order valence-electron chi connectivity index (χ4n) is 1.20. The Hall–Kier alpha value is -0.960. The lowest BCUT2D eigenvalue weighted by Crippen LogP contribution is -2.22. The fraction of sp³-hybridized carbons (Fsp3) is 0.500. The minimum absolute atomic E-state index is 0.229. The lowest BCUT2D eigenvalue weighted by Gasteiger charge is -2.15. The molecule has 1 aromatic carbocycles. The van der Waals surface area contributed by atoms with Crippen LogP contribution in [0.2, 0.25) is 0 Å². The molecule has 2 nitrogen and oxygen atoms in total. The molecule has 0 aliphatic rings. The van der Waals surface area contributed by atoms with Crippen LogP contribution in [0.3, 0.4) is 0 Å². The predicted octanol–water partition coefficient (Wildman–Crippen LogP) is 3.54. The highest BCUT2D eigenvalue weighted by atomic mass is 32.2. The Labute approximate surface area is 108 Å². The maximum absolute atomic E-state index is 11.7. The molecule has 0 aliphatic heterocycles. The molecule has 0 aromatic heterocycles. The molecule has 0 bridgehead atoms. The highest BCUT2D eigenvalue weighted by molar-refractivity contribution is 7.99. The lowest BCUT2D eigenvalue weighted by atomic mass is 9.92. The first-order valence-corrected chi connectivity index (χ1v) is 6.83. The Morgan fingerprint density at radius 3 is 2.29 bits per heavy atom. The van der Waals surface area contributed by atoms with Crippen molar-refractivity contribution in [3.63, 3.8) is 0 Å². The van der Waals surface area contributed by atoms with E-state index in [1.54, 1.807) is 18.9 Å². The van der Waals surface area contributed by atoms with Crippen LogP contribution in [0.4, 0.5) is 0 Å². The van der Waals surface area contributed by atoms with Gasteiger partial charge in [-0.15, -0.1) is 11.8 Å². The summed E-state index contributed by atoms with van der Waals surface area (Å²) in [7, 11) is 1.66. The topological polar surface area (TPSA) is 26.3 Å². The Bertz CT molecular complexity index is 363. The van der Waals surface area contributed by atoms with E-state index >= 15 is 0 Å². The summed E-state index contributed by atoms with van der Waals surface area (Å²) >= 11 is 1.66. The third kappa shape index (κ3) is 4.82. The van der Waals surface area contributed by atoms with Gasteiger partial charge >= 0.3 is 0 Å². The van der Waals surface area contributed by atoms with Crippen LogP contribution in [0.25, 0.3) is 0 Å². The summed E-state index contributed by atoms with van der Waals surface area (Å²) in [4.78, 5) is 11.7. The molecule has 0 fully saturated rings. The molecule has 94 valence electrons. The molecule has 1 aromatic rings. The Morgan fingerprint density at radius 1 is 1.24 bits per heavy atom. The maximum atomic E-state index is 11.7. The molecular formula is C14H20O2S. The van der Waals surface area contributed by atoms with Gasteiger partial charge in [0, 0.05) is 11.2 Å². The van der Waals surface area contributed by atoms with Gasteiger partial charge in [0.2, 0.25) is 0 Å². The zero-order valence-electron chi connectivity index (χ0n) is 10.9. The fourth-order valence-corrected chi connectivity index (χ4v) is 2.35. The minimum atomic E-state index is -0.229. The number of hydrogen-bond donors (Lipinski definition) is 0. The molecule has 0 spiro atoms. The number of carbonyl (C=O) groups excluding carboxylic acids is 1. The minimum Gasteiger partial charge on any atom is -0.497 e. The van der Waals surface area contributed by atoms with Crippen molar-refractivity contribution in [3.8, 4) is 5.75 Å². The Kier molecular flexibility index (Phi) is 5.06. The molecule has 0 N–H and O–H groups in total. The molecule has 0 atom stereocenters. The quantitative estimate of drug-likeness (QED) is 0.801. The summed E-state index contributed by atoms with van der Waals surface area (Å²) in [6.45, 7) is 5.88. The number of ketones is 1. The van der Waals surface area contributed by atoms with Crippen LogP contribution in [-0.2, 0) is 10.5 Å². The van der Waals surface area contributed by atoms with Crippen LogP contribution in [0.1, 0.15) is 26.3 Å². The highest BCUT2D eigenvalue weighted by Crippen LogP contribution is 2.21. The normalized spacial score (nSPS) is 11.3. The van der Waals surface area contributed by atoms with Crippen molar-refractivity contribution in [2.24, 2.45) is 5.41 Å². The molecule has 0 amide bonds. The van der Waals surface area contributed by atoms with Crippen LogP contribution in [0.15, 0.2) is 24.3 Å². The van der Waals surface area contributed by atoms with Crippen molar-refractivity contribution in [2.75, 3.05) is 12.9 Å². The van der Waals surface area contributed by atoms with E-state index in [0.717, 1.165) is 11.5 Å². The molecule has 17 heavy (non-hydrogen) atoms. The third-order valence-corrected chi connectivity index (χ3v) is 3.50. The van der Waals surface area contributed by atoms with Crippen molar-refractivity contribution in [2.45, 2.75) is 26.5 Å². The third-order valence-electron chi connectivity index (χ3n) is 2.50. The zero-order valence-corrected chi connectivity index (χ0v) is 11.8. The molecule has 0 saturated carbocycles. The van der Waals surface area contributed by atoms with E-state index in [9.17, 15) is 4.79 Å². The summed E-state index contributed by atoms with van der Waals surface area (Å²) < 4.78 is 5.10. The largest absolute Gasteiger partial charge is 0.497 e. The molecular weight excluding hydrogens is 232 g/mol. The van der Waals surface area contributed by atoms with E-state index in [4.69, 9.17) is 4.74 Å². The van der Waals surface area contributed by atoms with Crippen LogP contribution >= 0.6 is 11.8 Å². The van der Waals surface area contributed by atoms with Crippen LogP contribution in [0, 0.1) is 5.41 Å². The number of thioether (sulfide) groups is 1. The first-order valence-electron chi connectivity index (χ1n) is 5.67. The van der Waals surface area contributed by atoms with E-state index in [-0.39, 0.29) is 5.41 Å². The predicted molar refractivity (Wildman–Crippen MR) is 73.6 cm³/mol. The van der Waals surface area contributed by atoms with Gasteiger partial charge in [-0.05, 0) is 17.7 Å². The van der Waals surface area contributed by atoms with E-state index in [1.165, 1.54) is 5.56 Å². The number of rotatable bonds is 5. The van der Waals surface area contributed by atoms with Crippen molar-refractivity contribution in [1.82, 2.24) is 0 Å². The van der Waals surface area contributed by atoms with Gasteiger partial charge in [0.25, 0.3) is 0 Å². The second-order valence-corrected chi connectivity index (χ2v) is 6.00. The number of Topliss-reactive ketones (excluding diaryl/α,β-unsaturated/α-hetero) is 1. The summed E-state index contributed by atoms with van der Waals surface area (Å²) in [6, 6.07) is 7.96. The summed E-state index contributed by atoms with van der Waals surface area (Å²) in [5.41, 5.74) is 0.991. The van der Waals surface area contributed by atoms with Gasteiger partial charge in [0.15, 0.2) is 0 Å². The summed E-state index contributed by atoms with van der Waals surface area (Å²) in [5.74, 6) is 2.61. The number of methoxy groups -OCH3 is 1. The van der Waals surface area contributed by atoms with Crippen LogP contribution in [0.5, 0.6) is 5.75 Å². The van der Waals surface area contributed by atoms with E-state index in [1.807, 2.05) is 45.0 Å². The van der Waals surface area contributed by atoms with Gasteiger partial charge in [-0.1, -0.05) is 32.9 Å². The Balaban J connectivity index is 2.38. The van der Waals surface area contributed by atoms with Crippen molar-refractivity contribution >= 4 is 17.5 Å². The molecule has 0 radical (unpaired) electrons. The first-order chi connectivity index (χ1) is 7.93. The van der Waals surface area contributed by atoms with Gasteiger partial charge in [0.05, 0.1) is 12.9 Å². The van der Waals surface area contributed by atoms with Crippen LogP contribution in [-0.4, -0.2) is 18.6 Å². The Morgan fingerprint density at radius 2 is 1.82 bits per heavy atom. The van der Waals surface area contributed by atoms with Gasteiger partial charge in [-0.25, -0.2) is 0 Å². The van der Waals surface area contributed by atoms with Crippen molar-refractivity contribution < 1.29 is 9.53 Å². The smallest absolute Gasteiger partial charge is 0.148 e. The van der Waals surface area contributed by atoms with E-state index < -0.39 is 0 Å².